The Hall–Kier alpha value is -0.240. The van der Waals surface area contributed by atoms with Crippen molar-refractivity contribution in [2.45, 2.75) is 19.3 Å². The van der Waals surface area contributed by atoms with E-state index in [2.05, 4.69) is 114 Å². The average Bonchev–Trinajstić information content (AvgIpc) is 2.50. The molecule has 0 aliphatic rings. The van der Waals surface area contributed by atoms with Gasteiger partial charge in [0.1, 0.15) is 0 Å². The van der Waals surface area contributed by atoms with E-state index in [1.165, 1.54) is 45.4 Å². The van der Waals surface area contributed by atoms with Crippen LogP contribution in [0, 0.1) is 0 Å². The molecule has 0 aliphatic carbocycles. The first kappa shape index (κ1) is 31.5. The van der Waals surface area contributed by atoms with Crippen molar-refractivity contribution in [2.75, 3.05) is 124 Å². The van der Waals surface area contributed by atoms with Gasteiger partial charge in [0.25, 0.3) is 0 Å². The summed E-state index contributed by atoms with van der Waals surface area (Å²) in [6.07, 6.45) is 3.89. The predicted octanol–water partition coefficient (Wildman–Crippen LogP) is 1.50. The van der Waals surface area contributed by atoms with Crippen LogP contribution in [0.5, 0.6) is 0 Å². The van der Waals surface area contributed by atoms with Crippen LogP contribution in [0.4, 0.5) is 0 Å². The summed E-state index contributed by atoms with van der Waals surface area (Å²) in [4.78, 5) is 13.2. The normalized spacial score (nSPS) is 11.3. The third kappa shape index (κ3) is 46.1. The summed E-state index contributed by atoms with van der Waals surface area (Å²) in [5, 5.41) is 0. The lowest BCUT2D eigenvalue weighted by molar-refractivity contribution is 0.320. The number of nitrogens with zero attached hydrogens (tertiary/aromatic N) is 6. The van der Waals surface area contributed by atoms with Gasteiger partial charge in [0, 0.05) is 13.1 Å². The molecule has 0 saturated carbocycles. The van der Waals surface area contributed by atoms with Crippen molar-refractivity contribution in [1.82, 2.24) is 29.4 Å². The molecular weight excluding hydrogens is 336 g/mol. The highest BCUT2D eigenvalue weighted by Crippen LogP contribution is 1.91. The van der Waals surface area contributed by atoms with Crippen molar-refractivity contribution < 1.29 is 0 Å². The van der Waals surface area contributed by atoms with Gasteiger partial charge in [0.2, 0.25) is 0 Å². The van der Waals surface area contributed by atoms with Gasteiger partial charge in [-0.3, -0.25) is 0 Å². The molecule has 0 saturated heterocycles. The molecule has 0 radical (unpaired) electrons. The highest BCUT2D eigenvalue weighted by atomic mass is 15.1. The second-order valence-electron chi connectivity index (χ2n) is 8.88. The molecule has 0 unspecified atom stereocenters. The van der Waals surface area contributed by atoms with Gasteiger partial charge < -0.3 is 29.4 Å². The Balaban J connectivity index is -0.000000322. The van der Waals surface area contributed by atoms with E-state index in [9.17, 15) is 0 Å². The Morgan fingerprint density at radius 3 is 0.630 bits per heavy atom. The maximum absolute atomic E-state index is 2.23. The Morgan fingerprint density at radius 2 is 0.444 bits per heavy atom. The molecule has 6 heteroatoms. The van der Waals surface area contributed by atoms with Crippen molar-refractivity contribution in [3.05, 3.63) is 0 Å². The molecular formula is C21H54N6. The van der Waals surface area contributed by atoms with Gasteiger partial charge >= 0.3 is 0 Å². The first-order valence-corrected chi connectivity index (χ1v) is 10.3. The fourth-order valence-electron chi connectivity index (χ4n) is 1.96. The lowest BCUT2D eigenvalue weighted by atomic mass is 10.3. The van der Waals surface area contributed by atoms with Crippen molar-refractivity contribution in [3.63, 3.8) is 0 Å². The SMILES string of the molecule is CN(C)CCCCN(C)C.CN(C)CCCN(C)C.CN(C)CCN(C)C. The summed E-state index contributed by atoms with van der Waals surface area (Å²) in [5.74, 6) is 0. The third-order valence-corrected chi connectivity index (χ3v) is 3.67. The maximum atomic E-state index is 2.23. The second kappa shape index (κ2) is 22.1. The minimum atomic E-state index is 1.15. The minimum absolute atomic E-state index is 1.15. The smallest absolute Gasteiger partial charge is 0.0103 e. The zero-order valence-corrected chi connectivity index (χ0v) is 21.0. The van der Waals surface area contributed by atoms with Crippen LogP contribution < -0.4 is 0 Å². The second-order valence-corrected chi connectivity index (χ2v) is 8.88. The van der Waals surface area contributed by atoms with E-state index in [4.69, 9.17) is 0 Å². The summed E-state index contributed by atoms with van der Waals surface area (Å²) >= 11 is 0. The summed E-state index contributed by atoms with van der Waals surface area (Å²) < 4.78 is 0. The Morgan fingerprint density at radius 1 is 0.259 bits per heavy atom. The largest absolute Gasteiger partial charge is 0.309 e. The van der Waals surface area contributed by atoms with Gasteiger partial charge in [-0.15, -0.1) is 0 Å². The van der Waals surface area contributed by atoms with Crippen molar-refractivity contribution in [1.29, 1.82) is 0 Å². The Bertz CT molecular complexity index is 239. The molecule has 0 aliphatic heterocycles. The molecule has 0 aromatic heterocycles. The fourth-order valence-corrected chi connectivity index (χ4v) is 1.96. The lowest BCUT2D eigenvalue weighted by Crippen LogP contribution is -2.25. The highest BCUT2D eigenvalue weighted by molar-refractivity contribution is 4.48. The molecule has 0 aromatic carbocycles. The number of hydrogen-bond acceptors (Lipinski definition) is 6. The molecule has 0 bridgehead atoms. The summed E-state index contributed by atoms with van der Waals surface area (Å²) in [6, 6.07) is 0. The van der Waals surface area contributed by atoms with Crippen LogP contribution in [-0.4, -0.2) is 153 Å². The van der Waals surface area contributed by atoms with Crippen LogP contribution in [0.15, 0.2) is 0 Å². The molecule has 168 valence electrons. The molecule has 0 heterocycles. The molecule has 0 spiro atoms. The van der Waals surface area contributed by atoms with Crippen molar-refractivity contribution >= 4 is 0 Å². The fraction of sp³-hybridized carbons (Fsp3) is 1.00. The topological polar surface area (TPSA) is 19.4 Å². The molecule has 27 heavy (non-hydrogen) atoms. The number of unbranched alkanes of at least 4 members (excludes halogenated alkanes) is 1. The van der Waals surface area contributed by atoms with E-state index < -0.39 is 0 Å². The molecule has 0 amide bonds. The van der Waals surface area contributed by atoms with Crippen molar-refractivity contribution in [2.24, 2.45) is 0 Å². The van der Waals surface area contributed by atoms with Gasteiger partial charge in [0.15, 0.2) is 0 Å². The summed E-state index contributed by atoms with van der Waals surface area (Å²) in [5.41, 5.74) is 0. The van der Waals surface area contributed by atoms with Crippen LogP contribution >= 0.6 is 0 Å². The van der Waals surface area contributed by atoms with E-state index in [0.717, 1.165) is 13.1 Å². The highest BCUT2D eigenvalue weighted by Gasteiger charge is 1.92. The average molecular weight is 391 g/mol. The monoisotopic (exact) mass is 390 g/mol. The maximum Gasteiger partial charge on any atom is 0.0103 e. The van der Waals surface area contributed by atoms with E-state index in [-0.39, 0.29) is 0 Å². The predicted molar refractivity (Wildman–Crippen MR) is 125 cm³/mol. The summed E-state index contributed by atoms with van der Waals surface area (Å²) in [7, 11) is 25.3. The molecule has 0 rings (SSSR count). The molecule has 0 aromatic rings. The third-order valence-electron chi connectivity index (χ3n) is 3.67. The summed E-state index contributed by atoms with van der Waals surface area (Å²) in [6.45, 7) is 7.11. The van der Waals surface area contributed by atoms with E-state index >= 15 is 0 Å². The van der Waals surface area contributed by atoms with E-state index in [1.54, 1.807) is 0 Å². The van der Waals surface area contributed by atoms with Crippen LogP contribution in [0.2, 0.25) is 0 Å². The molecule has 0 atom stereocenters. The quantitative estimate of drug-likeness (QED) is 0.467. The number of rotatable bonds is 12. The first-order chi connectivity index (χ1) is 12.4. The lowest BCUT2D eigenvalue weighted by Gasteiger charge is -2.13. The van der Waals surface area contributed by atoms with Gasteiger partial charge in [-0.05, 0) is 130 Å². The van der Waals surface area contributed by atoms with E-state index in [1.807, 2.05) is 0 Å². The van der Waals surface area contributed by atoms with Crippen LogP contribution in [0.25, 0.3) is 0 Å². The zero-order valence-electron chi connectivity index (χ0n) is 21.0. The Kier molecular flexibility index (Phi) is 25.7. The molecule has 0 N–H and O–H groups in total. The van der Waals surface area contributed by atoms with Crippen molar-refractivity contribution in [3.8, 4) is 0 Å². The number of hydrogen-bond donors (Lipinski definition) is 0. The molecule has 0 fully saturated rings. The standard InChI is InChI=1S/C8H20N2.C7H18N2.C6H16N2/c1-9(2)7-5-6-8-10(3)4;1-8(2)6-5-7-9(3)4;1-7(2)5-6-8(3)4/h5-8H2,1-4H3;5-7H2,1-4H3;5-6H2,1-4H3. The van der Waals surface area contributed by atoms with Crippen LogP contribution in [0.3, 0.4) is 0 Å². The van der Waals surface area contributed by atoms with E-state index in [0.29, 0.717) is 0 Å². The van der Waals surface area contributed by atoms with Gasteiger partial charge in [0.05, 0.1) is 0 Å². The van der Waals surface area contributed by atoms with Gasteiger partial charge in [-0.1, -0.05) is 0 Å². The molecule has 6 nitrogen and oxygen atoms in total. The first-order valence-electron chi connectivity index (χ1n) is 10.3. The minimum Gasteiger partial charge on any atom is -0.309 e. The van der Waals surface area contributed by atoms with Gasteiger partial charge in [-0.2, -0.15) is 0 Å². The van der Waals surface area contributed by atoms with Gasteiger partial charge in [-0.25, -0.2) is 0 Å². The Labute approximate surface area is 173 Å². The van der Waals surface area contributed by atoms with Crippen LogP contribution in [0.1, 0.15) is 19.3 Å². The van der Waals surface area contributed by atoms with Crippen LogP contribution in [-0.2, 0) is 0 Å². The zero-order chi connectivity index (χ0) is 21.8. The number of likely N-dealkylation sites (N-methyl/N-ethyl adjacent to an activating group) is 2.